The molecule has 2 aromatic rings. The smallest absolute Gasteiger partial charge is 0.332 e. The van der Waals surface area contributed by atoms with Gasteiger partial charge in [-0.15, -0.1) is 0 Å². The molecule has 0 aliphatic rings. The summed E-state index contributed by atoms with van der Waals surface area (Å²) in [4.78, 5) is 21.4. The molecule has 0 aliphatic heterocycles. The molecule has 2 amide bonds. The summed E-state index contributed by atoms with van der Waals surface area (Å²) < 4.78 is 1.71. The van der Waals surface area contributed by atoms with Crippen LogP contribution in [0.3, 0.4) is 0 Å². The normalized spacial score (nSPS) is 10.6. The first-order valence-electron chi connectivity index (χ1n) is 5.65. The first-order valence-corrected chi connectivity index (χ1v) is 5.65. The molecule has 20 heavy (non-hydrogen) atoms. The molecular weight excluding hydrogens is 260 g/mol. The lowest BCUT2D eigenvalue weighted by Crippen LogP contribution is -2.24. The lowest BCUT2D eigenvalue weighted by Gasteiger charge is -2.09. The minimum absolute atomic E-state index is 0.0781. The third-order valence-corrected chi connectivity index (χ3v) is 2.51. The van der Waals surface area contributed by atoms with Crippen molar-refractivity contribution in [1.29, 1.82) is 0 Å². The molecule has 7 nitrogen and oxygen atoms in total. The van der Waals surface area contributed by atoms with Gasteiger partial charge in [-0.3, -0.25) is 0 Å². The molecule has 0 aliphatic carbocycles. The Bertz CT molecular complexity index is 676. The monoisotopic (exact) mass is 271 g/mol. The topological polar surface area (TPSA) is 113 Å². The van der Waals surface area contributed by atoms with Gasteiger partial charge >= 0.3 is 6.03 Å². The first kappa shape index (κ1) is 13.3. The van der Waals surface area contributed by atoms with E-state index in [1.165, 1.54) is 18.3 Å². The first-order chi connectivity index (χ1) is 9.58. The number of carboxylic acids is 1. The van der Waals surface area contributed by atoms with Gasteiger partial charge in [0, 0.05) is 11.9 Å². The number of hydrogen-bond acceptors (Lipinski definition) is 4. The summed E-state index contributed by atoms with van der Waals surface area (Å²) in [6.45, 7) is 0. The van der Waals surface area contributed by atoms with E-state index in [2.05, 4.69) is 10.5 Å². The number of nitrogens with two attached hydrogens (primary N) is 1. The molecule has 0 saturated heterocycles. The number of urea groups is 1. The summed E-state index contributed by atoms with van der Waals surface area (Å²) in [6, 6.07) is 9.03. The molecule has 1 aromatic heterocycles. The van der Waals surface area contributed by atoms with Crippen molar-refractivity contribution in [2.45, 2.75) is 0 Å². The van der Waals surface area contributed by atoms with Crippen LogP contribution < -0.4 is 16.3 Å². The fourth-order valence-corrected chi connectivity index (χ4v) is 1.68. The molecule has 2 rings (SSSR count). The Hall–Kier alpha value is -3.09. The molecule has 1 aromatic carbocycles. The molecule has 102 valence electrons. The molecule has 0 radical (unpaired) electrons. The number of aromatic nitrogens is 1. The maximum Gasteiger partial charge on any atom is 0.332 e. The van der Waals surface area contributed by atoms with Crippen molar-refractivity contribution in [3.05, 3.63) is 53.9 Å². The summed E-state index contributed by atoms with van der Waals surface area (Å²) in [6.07, 6.45) is 3.14. The van der Waals surface area contributed by atoms with Crippen LogP contribution >= 0.6 is 0 Å². The van der Waals surface area contributed by atoms with Crippen LogP contribution in [0.15, 0.2) is 47.7 Å². The predicted molar refractivity (Wildman–Crippen MR) is 70.4 cm³/mol. The number of hydrogen-bond donors (Lipinski definition) is 2. The van der Waals surface area contributed by atoms with Crippen molar-refractivity contribution in [2.75, 3.05) is 0 Å². The quantitative estimate of drug-likeness (QED) is 0.595. The van der Waals surface area contributed by atoms with Crippen LogP contribution in [0, 0.1) is 0 Å². The number of hydrazone groups is 1. The lowest BCUT2D eigenvalue weighted by molar-refractivity contribution is -0.255. The van der Waals surface area contributed by atoms with Crippen LogP contribution in [0.5, 0.6) is 0 Å². The van der Waals surface area contributed by atoms with E-state index in [9.17, 15) is 14.7 Å². The average molecular weight is 271 g/mol. The van der Waals surface area contributed by atoms with E-state index in [4.69, 9.17) is 5.73 Å². The van der Waals surface area contributed by atoms with Crippen molar-refractivity contribution in [3.8, 4) is 5.69 Å². The van der Waals surface area contributed by atoms with Gasteiger partial charge in [-0.1, -0.05) is 12.1 Å². The van der Waals surface area contributed by atoms with Crippen LogP contribution in [-0.2, 0) is 0 Å². The maximum atomic E-state index is 10.8. The minimum atomic E-state index is -1.25. The number of carboxylic acid groups (broad SMARTS) is 1. The van der Waals surface area contributed by atoms with Gasteiger partial charge in [-0.2, -0.15) is 5.10 Å². The molecule has 1 heterocycles. The summed E-state index contributed by atoms with van der Waals surface area (Å²) in [7, 11) is 0. The number of rotatable bonds is 4. The van der Waals surface area contributed by atoms with Gasteiger partial charge in [-0.05, 0) is 29.8 Å². The average Bonchev–Trinajstić information content (AvgIpc) is 2.87. The third kappa shape index (κ3) is 3.02. The van der Waals surface area contributed by atoms with Crippen LogP contribution in [0.25, 0.3) is 5.69 Å². The lowest BCUT2D eigenvalue weighted by atomic mass is 10.2. The van der Waals surface area contributed by atoms with E-state index >= 15 is 0 Å². The fourth-order valence-electron chi connectivity index (χ4n) is 1.68. The zero-order valence-corrected chi connectivity index (χ0v) is 10.3. The minimum Gasteiger partial charge on any atom is -0.545 e. The van der Waals surface area contributed by atoms with Gasteiger partial charge in [0.25, 0.3) is 0 Å². The number of carbonyl (C=O) groups is 2. The van der Waals surface area contributed by atoms with E-state index in [0.717, 1.165) is 0 Å². The molecule has 0 fully saturated rings. The fraction of sp³-hybridized carbons (Fsp3) is 0. The molecular formula is C13H11N4O3-. The second kappa shape index (κ2) is 5.70. The number of amides is 2. The number of benzene rings is 1. The Morgan fingerprint density at radius 1 is 1.30 bits per heavy atom. The second-order valence-electron chi connectivity index (χ2n) is 3.88. The number of nitrogens with zero attached hydrogens (tertiary/aromatic N) is 2. The van der Waals surface area contributed by atoms with E-state index in [-0.39, 0.29) is 5.56 Å². The zero-order chi connectivity index (χ0) is 14.5. The van der Waals surface area contributed by atoms with Gasteiger partial charge in [0.1, 0.15) is 0 Å². The number of nitrogens with one attached hydrogen (secondary N) is 1. The van der Waals surface area contributed by atoms with Gasteiger partial charge < -0.3 is 20.2 Å². The third-order valence-electron chi connectivity index (χ3n) is 2.51. The molecule has 7 heteroatoms. The van der Waals surface area contributed by atoms with Crippen LogP contribution in [0.1, 0.15) is 16.1 Å². The Morgan fingerprint density at radius 2 is 2.10 bits per heavy atom. The summed E-state index contributed by atoms with van der Waals surface area (Å²) in [5, 5.41) is 14.5. The molecule has 0 saturated carbocycles. The summed E-state index contributed by atoms with van der Waals surface area (Å²) in [5.74, 6) is -1.25. The SMILES string of the molecule is NC(=O)N/N=C\c1cccn1-c1cccc(C(=O)[O-])c1. The van der Waals surface area contributed by atoms with E-state index in [0.29, 0.717) is 11.4 Å². The zero-order valence-electron chi connectivity index (χ0n) is 10.3. The molecule has 0 unspecified atom stereocenters. The number of primary amides is 1. The van der Waals surface area contributed by atoms with Crippen molar-refractivity contribution in [3.63, 3.8) is 0 Å². The molecule has 0 atom stereocenters. The van der Waals surface area contributed by atoms with Crippen molar-refractivity contribution >= 4 is 18.2 Å². The highest BCUT2D eigenvalue weighted by atomic mass is 16.4. The Labute approximate surface area is 114 Å². The number of carbonyl (C=O) groups excluding carboxylic acids is 2. The Balaban J connectivity index is 2.32. The van der Waals surface area contributed by atoms with Gasteiger partial charge in [-0.25, -0.2) is 10.2 Å². The molecule has 0 spiro atoms. The summed E-state index contributed by atoms with van der Waals surface area (Å²) >= 11 is 0. The van der Waals surface area contributed by atoms with Crippen LogP contribution in [0.2, 0.25) is 0 Å². The second-order valence-corrected chi connectivity index (χ2v) is 3.88. The van der Waals surface area contributed by atoms with E-state index in [1.54, 1.807) is 35.0 Å². The van der Waals surface area contributed by atoms with Gasteiger partial charge in [0.05, 0.1) is 17.9 Å². The van der Waals surface area contributed by atoms with Crippen molar-refractivity contribution < 1.29 is 14.7 Å². The Morgan fingerprint density at radius 3 is 2.80 bits per heavy atom. The predicted octanol–water partition coefficient (Wildman–Crippen LogP) is -0.157. The number of aromatic carboxylic acids is 1. The largest absolute Gasteiger partial charge is 0.545 e. The van der Waals surface area contributed by atoms with E-state index in [1.807, 2.05) is 0 Å². The summed E-state index contributed by atoms with van der Waals surface area (Å²) in [5.41, 5.74) is 8.34. The standard InChI is InChI=1S/C13H12N4O3/c14-13(20)16-15-8-11-5-2-6-17(11)10-4-1-3-9(7-10)12(18)19/h1-8H,(H,18,19)(H3,14,16,20)/p-1/b15-8-. The van der Waals surface area contributed by atoms with Crippen molar-refractivity contribution in [1.82, 2.24) is 9.99 Å². The van der Waals surface area contributed by atoms with Gasteiger partial charge in [0.2, 0.25) is 0 Å². The Kier molecular flexibility index (Phi) is 3.80. The molecule has 0 bridgehead atoms. The highest BCUT2D eigenvalue weighted by Gasteiger charge is 2.03. The highest BCUT2D eigenvalue weighted by molar-refractivity contribution is 5.87. The van der Waals surface area contributed by atoms with E-state index < -0.39 is 12.0 Å². The maximum absolute atomic E-state index is 10.8. The van der Waals surface area contributed by atoms with Crippen LogP contribution in [-0.4, -0.2) is 22.8 Å². The highest BCUT2D eigenvalue weighted by Crippen LogP contribution is 2.13. The van der Waals surface area contributed by atoms with Crippen molar-refractivity contribution in [2.24, 2.45) is 10.8 Å². The van der Waals surface area contributed by atoms with Crippen LogP contribution in [0.4, 0.5) is 4.79 Å². The molecule has 3 N–H and O–H groups in total. The van der Waals surface area contributed by atoms with Gasteiger partial charge in [0.15, 0.2) is 0 Å².